The van der Waals surface area contributed by atoms with E-state index in [1.54, 1.807) is 0 Å². The normalized spacial score (nSPS) is 11.6. The Morgan fingerprint density at radius 2 is 2.14 bits per heavy atom. The van der Waals surface area contributed by atoms with Gasteiger partial charge in [0.2, 0.25) is 0 Å². The molecule has 1 aromatic rings. The quantitative estimate of drug-likeness (QED) is 0.560. The van der Waals surface area contributed by atoms with Crippen LogP contribution in [-0.4, -0.2) is 17.8 Å². The first-order valence-electron chi connectivity index (χ1n) is 4.31. The van der Waals surface area contributed by atoms with Gasteiger partial charge in [-0.2, -0.15) is 0 Å². The topological polar surface area (TPSA) is 52.3 Å². The van der Waals surface area contributed by atoms with Gasteiger partial charge in [-0.05, 0) is 0 Å². The molecule has 0 saturated heterocycles. The second-order valence-corrected chi connectivity index (χ2v) is 8.67. The second-order valence-electron chi connectivity index (χ2n) is 2.88. The predicted molar refractivity (Wildman–Crippen MR) is 54.0 cm³/mol. The zero-order valence-corrected chi connectivity index (χ0v) is 14.1. The molecule has 14 heavy (non-hydrogen) atoms. The molecule has 3 nitrogen and oxygen atoms in total. The molecule has 0 aliphatic carbocycles. The van der Waals surface area contributed by atoms with Crippen molar-refractivity contribution in [2.75, 3.05) is 5.75 Å². The fourth-order valence-electron chi connectivity index (χ4n) is 0.910. The van der Waals surface area contributed by atoms with E-state index in [1.807, 2.05) is 30.3 Å². The maximum absolute atomic E-state index is 11.2. The van der Waals surface area contributed by atoms with E-state index in [9.17, 15) is 4.79 Å². The first-order valence-corrected chi connectivity index (χ1v) is 9.93. The van der Waals surface area contributed by atoms with E-state index >= 15 is 0 Å². The molecule has 1 atom stereocenters. The minimum atomic E-state index is -1.72. The molecule has 0 spiro atoms. The Kier molecular flexibility index (Phi) is 5.51. The third-order valence-electron chi connectivity index (χ3n) is 1.72. The summed E-state index contributed by atoms with van der Waals surface area (Å²) in [4.78, 5) is 11.2. The molecule has 0 bridgehead atoms. The van der Waals surface area contributed by atoms with Gasteiger partial charge in [-0.25, -0.2) is 0 Å². The molecule has 0 aromatic heterocycles. The minimum absolute atomic E-state index is 0.314. The van der Waals surface area contributed by atoms with Gasteiger partial charge in [-0.3, -0.25) is 0 Å². The van der Waals surface area contributed by atoms with Crippen molar-refractivity contribution in [3.63, 3.8) is 0 Å². The number of nitrogens with two attached hydrogens (primary N) is 1. The van der Waals surface area contributed by atoms with E-state index in [1.165, 1.54) is 3.07 Å². The van der Waals surface area contributed by atoms with Gasteiger partial charge < -0.3 is 0 Å². The van der Waals surface area contributed by atoms with E-state index in [0.717, 1.165) is 0 Å². The zero-order valence-electron chi connectivity index (χ0n) is 7.72. The summed E-state index contributed by atoms with van der Waals surface area (Å²) < 4.78 is 6.36. The molecule has 72 valence electrons. The van der Waals surface area contributed by atoms with Crippen molar-refractivity contribution in [2.45, 2.75) is 6.04 Å². The molecule has 0 radical (unpaired) electrons. The van der Waals surface area contributed by atoms with Crippen molar-refractivity contribution in [3.8, 4) is 0 Å². The van der Waals surface area contributed by atoms with Crippen molar-refractivity contribution < 1.29 is 32.5 Å². The molecular formula is C9H11HgNO2S. The number of thiol groups is 1. The SMILES string of the molecule is N[C@@H](CS)C(=O)[O][Hg][c]1ccccc1. The van der Waals surface area contributed by atoms with Gasteiger partial charge in [-0.15, -0.1) is 0 Å². The van der Waals surface area contributed by atoms with Crippen molar-refractivity contribution in [1.82, 2.24) is 0 Å². The van der Waals surface area contributed by atoms with Crippen molar-refractivity contribution >= 4 is 21.7 Å². The summed E-state index contributed by atoms with van der Waals surface area (Å²) in [5.74, 6) is 0.0205. The molecule has 1 aromatic carbocycles. The molecule has 1 rings (SSSR count). The average Bonchev–Trinajstić information content (AvgIpc) is 2.26. The predicted octanol–water partition coefficient (Wildman–Crippen LogP) is 0.110. The number of carbonyl (C=O) groups is 1. The van der Waals surface area contributed by atoms with E-state index in [0.29, 0.717) is 5.75 Å². The third-order valence-corrected chi connectivity index (χ3v) is 6.91. The molecule has 0 saturated carbocycles. The molecule has 0 aliphatic rings. The van der Waals surface area contributed by atoms with Crippen LogP contribution < -0.4 is 8.81 Å². The maximum atomic E-state index is 11.2. The van der Waals surface area contributed by atoms with Crippen LogP contribution in [0.2, 0.25) is 0 Å². The van der Waals surface area contributed by atoms with Crippen LogP contribution in [0.25, 0.3) is 0 Å². The van der Waals surface area contributed by atoms with Gasteiger partial charge in [0.05, 0.1) is 0 Å². The Bertz CT molecular complexity index is 294. The summed E-state index contributed by atoms with van der Waals surface area (Å²) in [6.45, 7) is 0. The van der Waals surface area contributed by atoms with Gasteiger partial charge in [-0.1, -0.05) is 0 Å². The molecule has 0 heterocycles. The number of benzene rings is 1. The summed E-state index contributed by atoms with van der Waals surface area (Å²) in [7, 11) is 0. The molecule has 2 N–H and O–H groups in total. The van der Waals surface area contributed by atoms with E-state index in [-0.39, 0.29) is 5.97 Å². The van der Waals surface area contributed by atoms with Crippen LogP contribution in [0.4, 0.5) is 0 Å². The Hall–Kier alpha value is -0.0649. The molecule has 0 fully saturated rings. The zero-order chi connectivity index (χ0) is 10.4. The summed E-state index contributed by atoms with van der Waals surface area (Å²) in [6, 6.07) is 9.23. The number of carbonyl (C=O) groups excluding carboxylic acids is 1. The molecule has 5 heteroatoms. The third kappa shape index (κ3) is 3.98. The van der Waals surface area contributed by atoms with Gasteiger partial charge in [0, 0.05) is 0 Å². The Labute approximate surface area is 102 Å². The van der Waals surface area contributed by atoms with Crippen LogP contribution >= 0.6 is 12.6 Å². The van der Waals surface area contributed by atoms with Crippen LogP contribution in [-0.2, 0) is 32.5 Å². The molecular weight excluding hydrogens is 387 g/mol. The fourth-order valence-corrected chi connectivity index (χ4v) is 4.90. The van der Waals surface area contributed by atoms with Gasteiger partial charge >= 0.3 is 102 Å². The van der Waals surface area contributed by atoms with E-state index < -0.39 is 31.1 Å². The van der Waals surface area contributed by atoms with Gasteiger partial charge in [0.15, 0.2) is 0 Å². The monoisotopic (exact) mass is 399 g/mol. The first kappa shape index (κ1) is 12.0. The van der Waals surface area contributed by atoms with E-state index in [2.05, 4.69) is 12.6 Å². The van der Waals surface area contributed by atoms with Gasteiger partial charge in [0.1, 0.15) is 0 Å². The number of hydrogen-bond donors (Lipinski definition) is 2. The summed E-state index contributed by atoms with van der Waals surface area (Å²) in [6.07, 6.45) is 0. The summed E-state index contributed by atoms with van der Waals surface area (Å²) in [5.41, 5.74) is 5.47. The Balaban J connectivity index is 2.38. The number of hydrogen-bond acceptors (Lipinski definition) is 4. The molecule has 0 aliphatic heterocycles. The van der Waals surface area contributed by atoms with Crippen LogP contribution in [0.15, 0.2) is 30.3 Å². The summed E-state index contributed by atoms with van der Waals surface area (Å²) >= 11 is 2.22. The Morgan fingerprint density at radius 3 is 2.71 bits per heavy atom. The van der Waals surface area contributed by atoms with Crippen molar-refractivity contribution in [3.05, 3.63) is 30.3 Å². The second kappa shape index (κ2) is 6.42. The van der Waals surface area contributed by atoms with Crippen LogP contribution in [0, 0.1) is 0 Å². The van der Waals surface area contributed by atoms with Crippen molar-refractivity contribution in [1.29, 1.82) is 0 Å². The van der Waals surface area contributed by atoms with Crippen molar-refractivity contribution in [2.24, 2.45) is 5.73 Å². The summed E-state index contributed by atoms with van der Waals surface area (Å²) in [5, 5.41) is 0. The standard InChI is InChI=1S/C6H5.C3H7NO2S.Hg/c1-2-4-6-5-3-1;4-2(1-7)3(5)6;/h1-5H;2,7H,1,4H2,(H,5,6);/q;;+1/p-1/t;2-;/m.0./s1. The first-order chi connectivity index (χ1) is 6.74. The number of rotatable bonds is 4. The van der Waals surface area contributed by atoms with E-state index in [4.69, 9.17) is 8.38 Å². The molecule has 0 unspecified atom stereocenters. The average molecular weight is 398 g/mol. The van der Waals surface area contributed by atoms with Crippen LogP contribution in [0.3, 0.4) is 0 Å². The molecule has 0 amide bonds. The Morgan fingerprint density at radius 1 is 1.50 bits per heavy atom. The van der Waals surface area contributed by atoms with Crippen LogP contribution in [0.5, 0.6) is 0 Å². The van der Waals surface area contributed by atoms with Gasteiger partial charge in [0.25, 0.3) is 0 Å². The van der Waals surface area contributed by atoms with Crippen LogP contribution in [0.1, 0.15) is 0 Å². The fraction of sp³-hybridized carbons (Fsp3) is 0.222.